The second-order valence-electron chi connectivity index (χ2n) is 6.90. The molecule has 0 unspecified atom stereocenters. The lowest BCUT2D eigenvalue weighted by molar-refractivity contribution is -0.116. The van der Waals surface area contributed by atoms with Gasteiger partial charge in [-0.3, -0.25) is 14.7 Å². The second-order valence-corrected chi connectivity index (χ2v) is 7.17. The first-order chi connectivity index (χ1) is 12.2. The van der Waals surface area contributed by atoms with Gasteiger partial charge in [-0.25, -0.2) is 4.98 Å². The van der Waals surface area contributed by atoms with Crippen molar-refractivity contribution in [3.8, 4) is 0 Å². The Labute approximate surface area is 153 Å². The summed E-state index contributed by atoms with van der Waals surface area (Å²) in [6.45, 7) is 0.492. The molecular formula is C20H22ClN3O. The van der Waals surface area contributed by atoms with E-state index >= 15 is 0 Å². The molecule has 0 atom stereocenters. The SMILES string of the molecule is O=C(CCl)N(Cc1ccc2c(c1)CCC2)c1cnc2c(n1)CCCC2. The summed E-state index contributed by atoms with van der Waals surface area (Å²) in [5.41, 5.74) is 6.08. The van der Waals surface area contributed by atoms with E-state index in [1.165, 1.54) is 24.0 Å². The maximum atomic E-state index is 12.4. The number of carbonyl (C=O) groups is 1. The highest BCUT2D eigenvalue weighted by atomic mass is 35.5. The number of alkyl halides is 1. The molecule has 0 bridgehead atoms. The molecule has 0 saturated heterocycles. The molecule has 0 spiro atoms. The van der Waals surface area contributed by atoms with Crippen molar-refractivity contribution in [3.63, 3.8) is 0 Å². The fraction of sp³-hybridized carbons (Fsp3) is 0.450. The molecule has 25 heavy (non-hydrogen) atoms. The van der Waals surface area contributed by atoms with E-state index in [1.807, 2.05) is 0 Å². The Morgan fingerprint density at radius 2 is 1.84 bits per heavy atom. The molecule has 0 N–H and O–H groups in total. The fourth-order valence-electron chi connectivity index (χ4n) is 3.84. The molecule has 4 nitrogen and oxygen atoms in total. The van der Waals surface area contributed by atoms with E-state index in [0.29, 0.717) is 12.4 Å². The van der Waals surface area contributed by atoms with Gasteiger partial charge in [0, 0.05) is 0 Å². The second kappa shape index (κ2) is 7.12. The molecule has 0 radical (unpaired) electrons. The monoisotopic (exact) mass is 355 g/mol. The Bertz CT molecular complexity index is 806. The van der Waals surface area contributed by atoms with Crippen LogP contribution < -0.4 is 4.90 Å². The number of carbonyl (C=O) groups excluding carboxylic acids is 1. The maximum absolute atomic E-state index is 12.4. The summed E-state index contributed by atoms with van der Waals surface area (Å²) in [7, 11) is 0. The third kappa shape index (κ3) is 3.40. The third-order valence-corrected chi connectivity index (χ3v) is 5.42. The highest BCUT2D eigenvalue weighted by molar-refractivity contribution is 6.29. The predicted molar refractivity (Wildman–Crippen MR) is 99.1 cm³/mol. The van der Waals surface area contributed by atoms with Crippen LogP contribution in [0.3, 0.4) is 0 Å². The van der Waals surface area contributed by atoms with Crippen LogP contribution in [0.4, 0.5) is 5.82 Å². The van der Waals surface area contributed by atoms with Gasteiger partial charge in [0.2, 0.25) is 5.91 Å². The van der Waals surface area contributed by atoms with E-state index < -0.39 is 0 Å². The van der Waals surface area contributed by atoms with E-state index in [2.05, 4.69) is 23.2 Å². The molecule has 1 aromatic carbocycles. The van der Waals surface area contributed by atoms with E-state index in [9.17, 15) is 4.79 Å². The molecular weight excluding hydrogens is 334 g/mol. The number of nitrogens with zero attached hydrogens (tertiary/aromatic N) is 3. The normalized spacial score (nSPS) is 15.6. The van der Waals surface area contributed by atoms with Crippen LogP contribution in [0.25, 0.3) is 0 Å². The average molecular weight is 356 g/mol. The Balaban J connectivity index is 1.63. The predicted octanol–water partition coefficient (Wildman–Crippen LogP) is 3.62. The van der Waals surface area contributed by atoms with Crippen LogP contribution >= 0.6 is 11.6 Å². The van der Waals surface area contributed by atoms with Crippen molar-refractivity contribution in [2.24, 2.45) is 0 Å². The lowest BCUT2D eigenvalue weighted by atomic mass is 10.0. The molecule has 5 heteroatoms. The fourth-order valence-corrected chi connectivity index (χ4v) is 3.99. The Morgan fingerprint density at radius 3 is 2.68 bits per heavy atom. The number of rotatable bonds is 4. The van der Waals surface area contributed by atoms with Crippen LogP contribution in [0.2, 0.25) is 0 Å². The number of anilines is 1. The van der Waals surface area contributed by atoms with Crippen LogP contribution in [0.15, 0.2) is 24.4 Å². The summed E-state index contributed by atoms with van der Waals surface area (Å²) < 4.78 is 0. The highest BCUT2D eigenvalue weighted by Gasteiger charge is 2.21. The summed E-state index contributed by atoms with van der Waals surface area (Å²) in [6.07, 6.45) is 9.47. The first-order valence-electron chi connectivity index (χ1n) is 9.06. The van der Waals surface area contributed by atoms with Gasteiger partial charge in [0.15, 0.2) is 5.82 Å². The topological polar surface area (TPSA) is 46.1 Å². The zero-order chi connectivity index (χ0) is 17.2. The van der Waals surface area contributed by atoms with Crippen LogP contribution in [0.1, 0.15) is 47.3 Å². The molecule has 1 heterocycles. The molecule has 2 aliphatic carbocycles. The average Bonchev–Trinajstić information content (AvgIpc) is 3.13. The van der Waals surface area contributed by atoms with Crippen molar-refractivity contribution in [1.82, 2.24) is 9.97 Å². The molecule has 0 aliphatic heterocycles. The Kier molecular flexibility index (Phi) is 4.71. The van der Waals surface area contributed by atoms with Gasteiger partial charge in [-0.2, -0.15) is 0 Å². The number of hydrogen-bond acceptors (Lipinski definition) is 3. The van der Waals surface area contributed by atoms with Gasteiger partial charge in [0.05, 0.1) is 24.1 Å². The Morgan fingerprint density at radius 1 is 1.04 bits per heavy atom. The van der Waals surface area contributed by atoms with Gasteiger partial charge in [-0.15, -0.1) is 11.6 Å². The molecule has 0 fully saturated rings. The number of benzene rings is 1. The minimum Gasteiger partial charge on any atom is -0.290 e. The van der Waals surface area contributed by atoms with E-state index in [-0.39, 0.29) is 11.8 Å². The molecule has 4 rings (SSSR count). The van der Waals surface area contributed by atoms with Crippen molar-refractivity contribution in [3.05, 3.63) is 52.5 Å². The van der Waals surface area contributed by atoms with Gasteiger partial charge in [0.1, 0.15) is 5.88 Å². The van der Waals surface area contributed by atoms with Crippen molar-refractivity contribution >= 4 is 23.3 Å². The molecule has 1 amide bonds. The van der Waals surface area contributed by atoms with E-state index in [0.717, 1.165) is 49.1 Å². The summed E-state index contributed by atoms with van der Waals surface area (Å²) >= 11 is 5.86. The lowest BCUT2D eigenvalue weighted by Gasteiger charge is -2.23. The summed E-state index contributed by atoms with van der Waals surface area (Å²) in [5.74, 6) is 0.433. The summed E-state index contributed by atoms with van der Waals surface area (Å²) in [4.78, 5) is 23.4. The molecule has 2 aliphatic rings. The maximum Gasteiger partial charge on any atom is 0.243 e. The minimum absolute atomic E-state index is 0.0519. The third-order valence-electron chi connectivity index (χ3n) is 5.19. The van der Waals surface area contributed by atoms with Gasteiger partial charge in [-0.05, 0) is 61.6 Å². The highest BCUT2D eigenvalue weighted by Crippen LogP contribution is 2.25. The van der Waals surface area contributed by atoms with E-state index in [1.54, 1.807) is 11.1 Å². The van der Waals surface area contributed by atoms with Crippen LogP contribution in [0, 0.1) is 0 Å². The molecule has 1 aromatic heterocycles. The number of hydrogen-bond donors (Lipinski definition) is 0. The number of halogens is 1. The number of amides is 1. The summed E-state index contributed by atoms with van der Waals surface area (Å²) in [6, 6.07) is 6.53. The van der Waals surface area contributed by atoms with Gasteiger partial charge in [-0.1, -0.05) is 18.2 Å². The smallest absolute Gasteiger partial charge is 0.243 e. The van der Waals surface area contributed by atoms with Crippen molar-refractivity contribution in [1.29, 1.82) is 0 Å². The van der Waals surface area contributed by atoms with Gasteiger partial charge < -0.3 is 0 Å². The van der Waals surface area contributed by atoms with Crippen LogP contribution in [-0.2, 0) is 37.0 Å². The van der Waals surface area contributed by atoms with Gasteiger partial charge in [0.25, 0.3) is 0 Å². The van der Waals surface area contributed by atoms with Crippen LogP contribution in [0.5, 0.6) is 0 Å². The largest absolute Gasteiger partial charge is 0.290 e. The first kappa shape index (κ1) is 16.5. The minimum atomic E-state index is -0.132. The number of fused-ring (bicyclic) bond motifs is 2. The molecule has 130 valence electrons. The quantitative estimate of drug-likeness (QED) is 0.787. The van der Waals surface area contributed by atoms with Crippen molar-refractivity contribution < 1.29 is 4.79 Å². The van der Waals surface area contributed by atoms with E-state index in [4.69, 9.17) is 16.6 Å². The molecule has 2 aromatic rings. The number of aromatic nitrogens is 2. The molecule has 0 saturated carbocycles. The van der Waals surface area contributed by atoms with Gasteiger partial charge >= 0.3 is 0 Å². The number of aryl methyl sites for hydroxylation is 4. The zero-order valence-electron chi connectivity index (χ0n) is 14.3. The van der Waals surface area contributed by atoms with Crippen molar-refractivity contribution in [2.75, 3.05) is 10.8 Å². The lowest BCUT2D eigenvalue weighted by Crippen LogP contribution is -2.32. The summed E-state index contributed by atoms with van der Waals surface area (Å²) in [5, 5.41) is 0. The first-order valence-corrected chi connectivity index (χ1v) is 9.60. The zero-order valence-corrected chi connectivity index (χ0v) is 15.1. The van der Waals surface area contributed by atoms with Crippen LogP contribution in [-0.4, -0.2) is 21.8 Å². The standard InChI is InChI=1S/C20H22ClN3O/c21-11-20(25)24(13-14-8-9-15-4-3-5-16(15)10-14)19-12-22-17-6-1-2-7-18(17)23-19/h8-10,12H,1-7,11,13H2. The Hall–Kier alpha value is -1.94. The van der Waals surface area contributed by atoms with Crippen molar-refractivity contribution in [2.45, 2.75) is 51.5 Å².